The first-order valence-electron chi connectivity index (χ1n) is 12.7. The largest absolute Gasteiger partial charge is 0.391 e. The number of nitrogens with zero attached hydrogens (tertiary/aromatic N) is 1. The maximum atomic E-state index is 13.3. The van der Waals surface area contributed by atoms with Crippen molar-refractivity contribution in [1.29, 1.82) is 0 Å². The highest BCUT2D eigenvalue weighted by Gasteiger charge is 2.58. The van der Waals surface area contributed by atoms with Crippen molar-refractivity contribution in [3.63, 3.8) is 0 Å². The molecule has 2 fully saturated rings. The zero-order valence-corrected chi connectivity index (χ0v) is 20.6. The number of rotatable bonds is 0. The molecule has 0 aromatic carbocycles. The first-order valence-corrected chi connectivity index (χ1v) is 12.7. The highest BCUT2D eigenvalue weighted by molar-refractivity contribution is 5.85. The summed E-state index contributed by atoms with van der Waals surface area (Å²) in [6, 6.07) is -0.228. The molecule has 4 rings (SSSR count). The molecule has 2 heterocycles. The second-order valence-electron chi connectivity index (χ2n) is 10.8. The van der Waals surface area contributed by atoms with Crippen LogP contribution in [0, 0.1) is 29.6 Å². The molecule has 0 bridgehead atoms. The summed E-state index contributed by atoms with van der Waals surface area (Å²) in [5, 5.41) is 52.4. The lowest BCUT2D eigenvalue weighted by Gasteiger charge is -2.36. The molecule has 35 heavy (non-hydrogen) atoms. The van der Waals surface area contributed by atoms with Gasteiger partial charge >= 0.3 is 0 Å². The van der Waals surface area contributed by atoms with E-state index in [0.717, 1.165) is 5.57 Å². The van der Waals surface area contributed by atoms with E-state index in [0.29, 0.717) is 6.42 Å². The summed E-state index contributed by atoms with van der Waals surface area (Å²) < 4.78 is 0. The maximum absolute atomic E-state index is 13.3. The van der Waals surface area contributed by atoms with Gasteiger partial charge in [0.2, 0.25) is 5.91 Å². The van der Waals surface area contributed by atoms with Crippen LogP contribution in [0.5, 0.6) is 0 Å². The zero-order valence-electron chi connectivity index (χ0n) is 20.6. The molecular weight excluding hydrogens is 446 g/mol. The van der Waals surface area contributed by atoms with Crippen LogP contribution in [-0.4, -0.2) is 78.9 Å². The van der Waals surface area contributed by atoms with Gasteiger partial charge in [0, 0.05) is 30.2 Å². The summed E-state index contributed by atoms with van der Waals surface area (Å²) in [5.41, 5.74) is 1.00. The van der Waals surface area contributed by atoms with Crippen molar-refractivity contribution < 1.29 is 30.3 Å². The van der Waals surface area contributed by atoms with E-state index in [1.165, 1.54) is 6.08 Å². The Morgan fingerprint density at radius 2 is 1.57 bits per heavy atom. The second kappa shape index (κ2) is 10.5. The summed E-state index contributed by atoms with van der Waals surface area (Å²) in [7, 11) is 0. The summed E-state index contributed by atoms with van der Waals surface area (Å²) >= 11 is 0. The van der Waals surface area contributed by atoms with Crippen LogP contribution in [0.3, 0.4) is 0 Å². The molecule has 2 aliphatic heterocycles. The van der Waals surface area contributed by atoms with Crippen molar-refractivity contribution in [3.05, 3.63) is 60.3 Å². The Hall–Kier alpha value is -2.03. The summed E-state index contributed by atoms with van der Waals surface area (Å²) in [4.78, 5) is 15.1. The van der Waals surface area contributed by atoms with Crippen molar-refractivity contribution in [1.82, 2.24) is 4.90 Å². The van der Waals surface area contributed by atoms with Crippen molar-refractivity contribution in [2.75, 3.05) is 0 Å². The number of aliphatic hydroxyl groups is 5. The Labute approximate surface area is 207 Å². The normalized spacial score (nSPS) is 50.6. The molecule has 0 radical (unpaired) electrons. The molecule has 4 aliphatic rings. The minimum Gasteiger partial charge on any atom is -0.391 e. The third kappa shape index (κ3) is 5.11. The molecule has 7 nitrogen and oxygen atoms in total. The summed E-state index contributed by atoms with van der Waals surface area (Å²) in [6.07, 6.45) is 12.1. The van der Waals surface area contributed by atoms with Crippen LogP contribution < -0.4 is 0 Å². The fourth-order valence-electron chi connectivity index (χ4n) is 6.34. The van der Waals surface area contributed by atoms with Crippen molar-refractivity contribution in [2.45, 2.75) is 76.2 Å². The molecule has 5 N–H and O–H groups in total. The van der Waals surface area contributed by atoms with Crippen LogP contribution >= 0.6 is 0 Å². The number of hydrogen-bond donors (Lipinski definition) is 5. The van der Waals surface area contributed by atoms with E-state index in [-0.39, 0.29) is 48.1 Å². The first kappa shape index (κ1) is 26.0. The number of carbonyl (C=O) groups excluding carboxylic acids is 1. The van der Waals surface area contributed by atoms with Crippen LogP contribution in [0.1, 0.15) is 33.6 Å². The number of amides is 1. The Morgan fingerprint density at radius 1 is 0.857 bits per heavy atom. The predicted octanol–water partition coefficient (Wildman–Crippen LogP) is 1.48. The minimum absolute atomic E-state index is 0.00584. The molecule has 0 aromatic rings. The van der Waals surface area contributed by atoms with Crippen LogP contribution in [-0.2, 0) is 4.79 Å². The maximum Gasteiger partial charge on any atom is 0.230 e. The van der Waals surface area contributed by atoms with Crippen molar-refractivity contribution >= 4 is 5.91 Å². The number of carbonyl (C=O) groups is 1. The lowest BCUT2D eigenvalue weighted by Crippen LogP contribution is -2.42. The monoisotopic (exact) mass is 485 g/mol. The standard InChI is InChI=1S/C28H39NO6/c1-15-6-4-5-7-19(30)14-23(32)27(34)26(33)16(2)8-9-18-10-11-20-24(21(18)12-15)25-22(31)13-17(3)29(25)28(20)35/h4-12,16-27,30-34H,13-14H2,1-3H3/b6-4+,7-5+,9-8+,15-12-/t16-,17-,18+,19-,20-,21+,22+,23-,24+,25+,26+,27-/m0/s1. The number of fused-ring (bicyclic) bond motifs is 5. The average Bonchev–Trinajstić information content (AvgIpc) is 3.28. The van der Waals surface area contributed by atoms with E-state index >= 15 is 0 Å². The van der Waals surface area contributed by atoms with E-state index in [1.807, 2.05) is 49.1 Å². The van der Waals surface area contributed by atoms with Gasteiger partial charge in [-0.05, 0) is 26.2 Å². The van der Waals surface area contributed by atoms with Gasteiger partial charge in [-0.2, -0.15) is 0 Å². The van der Waals surface area contributed by atoms with E-state index in [1.54, 1.807) is 19.1 Å². The fraction of sp³-hybridized carbons (Fsp3) is 0.607. The smallest absolute Gasteiger partial charge is 0.230 e. The minimum atomic E-state index is -1.40. The average molecular weight is 486 g/mol. The van der Waals surface area contributed by atoms with Gasteiger partial charge in [-0.1, -0.05) is 67.2 Å². The Kier molecular flexibility index (Phi) is 7.83. The van der Waals surface area contributed by atoms with E-state index in [4.69, 9.17) is 0 Å². The van der Waals surface area contributed by atoms with Gasteiger partial charge in [0.1, 0.15) is 6.10 Å². The third-order valence-corrected chi connectivity index (χ3v) is 8.21. The van der Waals surface area contributed by atoms with Crippen LogP contribution in [0.2, 0.25) is 0 Å². The SMILES string of the molecule is CC1=C\[C@H]2[C@@H]3[C@H]4[C@H](O)C[C@H](C)N4C(=O)[C@H]3C=C[C@H]2/C=C/[C@H](C)[C@@H](O)[C@@H](O)[C@@H](O)C[C@@H](O)/C=C/C=C/1. The Balaban J connectivity index is 1.73. The number of allylic oxidation sites excluding steroid dienone is 7. The molecular formula is C28H39NO6. The van der Waals surface area contributed by atoms with Crippen LogP contribution in [0.4, 0.5) is 0 Å². The topological polar surface area (TPSA) is 121 Å². The Bertz CT molecular complexity index is 938. The molecule has 2 aliphatic carbocycles. The van der Waals surface area contributed by atoms with E-state index in [9.17, 15) is 30.3 Å². The van der Waals surface area contributed by atoms with E-state index in [2.05, 4.69) is 6.08 Å². The lowest BCUT2D eigenvalue weighted by molar-refractivity contribution is -0.131. The zero-order chi connectivity index (χ0) is 25.4. The van der Waals surface area contributed by atoms with Gasteiger partial charge < -0.3 is 30.4 Å². The first-order chi connectivity index (χ1) is 16.6. The summed E-state index contributed by atoms with van der Waals surface area (Å²) in [5.74, 6) is -0.829. The summed E-state index contributed by atoms with van der Waals surface area (Å²) in [6.45, 7) is 5.76. The third-order valence-electron chi connectivity index (χ3n) is 8.21. The highest BCUT2D eigenvalue weighted by atomic mass is 16.4. The number of aliphatic hydroxyl groups excluding tert-OH is 5. The van der Waals surface area contributed by atoms with Crippen LogP contribution in [0.25, 0.3) is 0 Å². The van der Waals surface area contributed by atoms with Gasteiger partial charge in [-0.15, -0.1) is 0 Å². The quantitative estimate of drug-likeness (QED) is 0.332. The van der Waals surface area contributed by atoms with Gasteiger partial charge in [0.05, 0.1) is 36.4 Å². The molecule has 12 atom stereocenters. The van der Waals surface area contributed by atoms with Gasteiger partial charge in [-0.3, -0.25) is 4.79 Å². The molecule has 192 valence electrons. The second-order valence-corrected chi connectivity index (χ2v) is 10.8. The van der Waals surface area contributed by atoms with Crippen molar-refractivity contribution in [3.8, 4) is 0 Å². The Morgan fingerprint density at radius 3 is 2.31 bits per heavy atom. The molecule has 7 heteroatoms. The predicted molar refractivity (Wildman–Crippen MR) is 133 cm³/mol. The van der Waals surface area contributed by atoms with Crippen LogP contribution in [0.15, 0.2) is 60.3 Å². The van der Waals surface area contributed by atoms with E-state index < -0.39 is 36.4 Å². The number of hydrogen-bond acceptors (Lipinski definition) is 6. The highest BCUT2D eigenvalue weighted by Crippen LogP contribution is 2.50. The molecule has 0 unspecified atom stereocenters. The molecule has 2 saturated heterocycles. The molecule has 0 spiro atoms. The fourth-order valence-corrected chi connectivity index (χ4v) is 6.34. The lowest BCUT2D eigenvalue weighted by atomic mass is 9.67. The van der Waals surface area contributed by atoms with Crippen molar-refractivity contribution in [2.24, 2.45) is 29.6 Å². The molecule has 1 amide bonds. The van der Waals surface area contributed by atoms with Gasteiger partial charge in [0.25, 0.3) is 0 Å². The molecule has 0 aromatic heterocycles. The molecule has 0 saturated carbocycles. The van der Waals surface area contributed by atoms with Gasteiger partial charge in [-0.25, -0.2) is 0 Å². The van der Waals surface area contributed by atoms with Gasteiger partial charge in [0.15, 0.2) is 0 Å².